The second kappa shape index (κ2) is 10.3. The number of likely N-dealkylation sites (N-methyl/N-ethyl adjacent to an activating group) is 1. The van der Waals surface area contributed by atoms with Crippen molar-refractivity contribution in [1.29, 1.82) is 0 Å². The molecule has 0 bridgehead atoms. The van der Waals surface area contributed by atoms with Crippen LogP contribution < -0.4 is 4.90 Å². The molecule has 2 aliphatic rings. The Morgan fingerprint density at radius 2 is 1.74 bits per heavy atom. The quantitative estimate of drug-likeness (QED) is 0.447. The fraction of sp³-hybridized carbons (Fsp3) is 0.214. The van der Waals surface area contributed by atoms with Gasteiger partial charge in [0.15, 0.2) is 0 Å². The van der Waals surface area contributed by atoms with E-state index in [0.29, 0.717) is 28.6 Å². The minimum atomic E-state index is -0.0957. The third kappa shape index (κ3) is 5.30. The van der Waals surface area contributed by atoms with E-state index in [4.69, 9.17) is 11.6 Å². The van der Waals surface area contributed by atoms with E-state index in [1.54, 1.807) is 11.9 Å². The first-order chi connectivity index (χ1) is 17.0. The molecule has 5 rings (SSSR count). The van der Waals surface area contributed by atoms with Gasteiger partial charge in [0.05, 0.1) is 10.6 Å². The van der Waals surface area contributed by atoms with Gasteiger partial charge in [-0.15, -0.1) is 0 Å². The van der Waals surface area contributed by atoms with Crippen molar-refractivity contribution in [3.8, 4) is 0 Å². The average Bonchev–Trinajstić information content (AvgIpc) is 2.88. The van der Waals surface area contributed by atoms with Crippen LogP contribution in [0, 0.1) is 0 Å². The summed E-state index contributed by atoms with van der Waals surface area (Å²) in [6, 6.07) is 23.5. The van der Waals surface area contributed by atoms with Gasteiger partial charge in [0.25, 0.3) is 11.8 Å². The Balaban J connectivity index is 1.28. The average molecular weight is 504 g/mol. The Morgan fingerprint density at radius 1 is 0.971 bits per heavy atom. The fourth-order valence-electron chi connectivity index (χ4n) is 4.41. The van der Waals surface area contributed by atoms with Gasteiger partial charge < -0.3 is 9.80 Å². The first kappa shape index (κ1) is 23.7. The zero-order chi connectivity index (χ0) is 24.4. The van der Waals surface area contributed by atoms with Crippen LogP contribution in [0.4, 0.5) is 5.69 Å². The number of nitrogens with zero attached hydrogens (tertiary/aromatic N) is 3. The molecular formula is C28H26ClN3O2S. The van der Waals surface area contributed by atoms with E-state index in [1.807, 2.05) is 59.5 Å². The molecule has 2 heterocycles. The second-order valence-corrected chi connectivity index (χ2v) is 10.3. The van der Waals surface area contributed by atoms with E-state index in [9.17, 15) is 9.59 Å². The lowest BCUT2D eigenvalue weighted by atomic mass is 10.1. The van der Waals surface area contributed by atoms with E-state index in [2.05, 4.69) is 29.2 Å². The van der Waals surface area contributed by atoms with E-state index >= 15 is 0 Å². The molecule has 0 aromatic heterocycles. The molecule has 1 fully saturated rings. The van der Waals surface area contributed by atoms with Crippen molar-refractivity contribution in [2.24, 2.45) is 0 Å². The van der Waals surface area contributed by atoms with Crippen LogP contribution in [0.25, 0.3) is 6.08 Å². The first-order valence-corrected chi connectivity index (χ1v) is 12.8. The van der Waals surface area contributed by atoms with Crippen LogP contribution in [0.1, 0.15) is 21.5 Å². The summed E-state index contributed by atoms with van der Waals surface area (Å²) < 4.78 is 0. The highest BCUT2D eigenvalue weighted by molar-refractivity contribution is 8.04. The van der Waals surface area contributed by atoms with Crippen molar-refractivity contribution >= 4 is 46.9 Å². The topological polar surface area (TPSA) is 43.9 Å². The summed E-state index contributed by atoms with van der Waals surface area (Å²) in [5.74, 6) is -0.0834. The summed E-state index contributed by atoms with van der Waals surface area (Å²) in [4.78, 5) is 33.8. The van der Waals surface area contributed by atoms with Gasteiger partial charge in [0.2, 0.25) is 0 Å². The molecule has 7 heteroatoms. The van der Waals surface area contributed by atoms with Gasteiger partial charge in [-0.3, -0.25) is 14.5 Å². The van der Waals surface area contributed by atoms with Crippen molar-refractivity contribution in [2.75, 3.05) is 38.1 Å². The Morgan fingerprint density at radius 3 is 2.49 bits per heavy atom. The highest BCUT2D eigenvalue weighted by Crippen LogP contribution is 2.42. The van der Waals surface area contributed by atoms with Gasteiger partial charge in [0.1, 0.15) is 0 Å². The van der Waals surface area contributed by atoms with Crippen molar-refractivity contribution < 1.29 is 9.59 Å². The molecule has 0 radical (unpaired) electrons. The van der Waals surface area contributed by atoms with E-state index in [-0.39, 0.29) is 11.8 Å². The van der Waals surface area contributed by atoms with Crippen LogP contribution in [-0.2, 0) is 11.3 Å². The number of fused-ring (bicyclic) bond motifs is 1. The molecule has 2 aliphatic heterocycles. The standard InChI is InChI=1S/C28H26ClN3O2S/c1-30-24-18-22(27(33)32-14-12-31(13-15-32)19-20-6-3-2-4-7-20)10-11-25(24)35-26(28(30)34)17-21-8-5-9-23(29)16-21/h2-11,16-18H,12-15,19H2,1H3. The number of hydrogen-bond acceptors (Lipinski definition) is 4. The normalized spacial score (nSPS) is 17.5. The molecule has 0 saturated carbocycles. The molecule has 0 spiro atoms. The van der Waals surface area contributed by atoms with Crippen LogP contribution in [0.15, 0.2) is 82.6 Å². The van der Waals surface area contributed by atoms with Crippen LogP contribution in [-0.4, -0.2) is 54.8 Å². The monoisotopic (exact) mass is 503 g/mol. The van der Waals surface area contributed by atoms with Crippen LogP contribution >= 0.6 is 23.4 Å². The summed E-state index contributed by atoms with van der Waals surface area (Å²) in [6.07, 6.45) is 1.85. The molecule has 0 aliphatic carbocycles. The Labute approximate surface area is 215 Å². The zero-order valence-corrected chi connectivity index (χ0v) is 21.1. The molecule has 2 amide bonds. The lowest BCUT2D eigenvalue weighted by Gasteiger charge is -2.35. The van der Waals surface area contributed by atoms with Crippen LogP contribution in [0.3, 0.4) is 0 Å². The number of hydrogen-bond donors (Lipinski definition) is 0. The number of rotatable bonds is 4. The lowest BCUT2D eigenvalue weighted by molar-refractivity contribution is -0.114. The van der Waals surface area contributed by atoms with Gasteiger partial charge in [-0.2, -0.15) is 0 Å². The first-order valence-electron chi connectivity index (χ1n) is 11.6. The molecule has 1 saturated heterocycles. The number of carbonyl (C=O) groups is 2. The minimum absolute atomic E-state index is 0.0123. The summed E-state index contributed by atoms with van der Waals surface area (Å²) in [5, 5.41) is 0.630. The molecule has 5 nitrogen and oxygen atoms in total. The number of anilines is 1. The number of halogens is 1. The summed E-state index contributed by atoms with van der Waals surface area (Å²) >= 11 is 7.52. The molecule has 0 N–H and O–H groups in total. The van der Waals surface area contributed by atoms with Gasteiger partial charge in [-0.25, -0.2) is 0 Å². The highest BCUT2D eigenvalue weighted by Gasteiger charge is 2.29. The van der Waals surface area contributed by atoms with Gasteiger partial charge in [0, 0.05) is 55.3 Å². The molecule has 178 valence electrons. The van der Waals surface area contributed by atoms with Crippen LogP contribution in [0.5, 0.6) is 0 Å². The van der Waals surface area contributed by atoms with Gasteiger partial charge in [-0.05, 0) is 47.5 Å². The van der Waals surface area contributed by atoms with E-state index in [0.717, 1.165) is 35.8 Å². The van der Waals surface area contributed by atoms with Gasteiger partial charge in [-0.1, -0.05) is 65.8 Å². The number of thioether (sulfide) groups is 1. The fourth-order valence-corrected chi connectivity index (χ4v) is 5.70. The zero-order valence-electron chi connectivity index (χ0n) is 19.5. The second-order valence-electron chi connectivity index (χ2n) is 8.77. The summed E-state index contributed by atoms with van der Waals surface area (Å²) in [7, 11) is 1.75. The number of benzene rings is 3. The predicted molar refractivity (Wildman–Crippen MR) is 143 cm³/mol. The number of piperazine rings is 1. The highest BCUT2D eigenvalue weighted by atomic mass is 35.5. The Bertz CT molecular complexity index is 1290. The maximum atomic E-state index is 13.2. The Kier molecular flexibility index (Phi) is 6.95. The predicted octanol–water partition coefficient (Wildman–Crippen LogP) is 5.41. The van der Waals surface area contributed by atoms with Crippen molar-refractivity contribution in [3.05, 3.63) is 99.4 Å². The van der Waals surface area contributed by atoms with Gasteiger partial charge >= 0.3 is 0 Å². The molecule has 35 heavy (non-hydrogen) atoms. The smallest absolute Gasteiger partial charge is 0.264 e. The third-order valence-electron chi connectivity index (χ3n) is 6.36. The maximum absolute atomic E-state index is 13.2. The maximum Gasteiger partial charge on any atom is 0.264 e. The molecule has 0 atom stereocenters. The Hall–Kier alpha value is -3.06. The van der Waals surface area contributed by atoms with E-state index < -0.39 is 0 Å². The number of carbonyl (C=O) groups excluding carboxylic acids is 2. The lowest BCUT2D eigenvalue weighted by Crippen LogP contribution is -2.48. The van der Waals surface area contributed by atoms with Crippen LogP contribution in [0.2, 0.25) is 5.02 Å². The van der Waals surface area contributed by atoms with Crippen molar-refractivity contribution in [1.82, 2.24) is 9.80 Å². The molecular weight excluding hydrogens is 478 g/mol. The summed E-state index contributed by atoms with van der Waals surface area (Å²) in [6.45, 7) is 3.98. The molecule has 3 aromatic rings. The van der Waals surface area contributed by atoms with Crippen molar-refractivity contribution in [3.63, 3.8) is 0 Å². The van der Waals surface area contributed by atoms with E-state index in [1.165, 1.54) is 17.3 Å². The largest absolute Gasteiger partial charge is 0.336 e. The minimum Gasteiger partial charge on any atom is -0.336 e. The summed E-state index contributed by atoms with van der Waals surface area (Å²) in [5.41, 5.74) is 3.54. The molecule has 0 unspecified atom stereocenters. The molecule has 3 aromatic carbocycles. The SMILES string of the molecule is CN1C(=O)C(=Cc2cccc(Cl)c2)Sc2ccc(C(=O)N3CCN(Cc4ccccc4)CC3)cc21. The van der Waals surface area contributed by atoms with Crippen molar-refractivity contribution in [2.45, 2.75) is 11.4 Å². The number of amides is 2. The third-order valence-corrected chi connectivity index (χ3v) is 7.67.